The van der Waals surface area contributed by atoms with E-state index >= 15 is 0 Å². The van der Waals surface area contributed by atoms with Crippen LogP contribution >= 0.6 is 12.6 Å². The number of nitrogens with zero attached hydrogens (tertiary/aromatic N) is 6. The third kappa shape index (κ3) is 9.46. The fourth-order valence-corrected chi connectivity index (χ4v) is 5.23. The van der Waals surface area contributed by atoms with Crippen molar-refractivity contribution in [3.8, 4) is 0 Å². The molecule has 16 nitrogen and oxygen atoms in total. The summed E-state index contributed by atoms with van der Waals surface area (Å²) in [6.45, 7) is 2.62. The number of nitrogens with one attached hydrogen (secondary N) is 1. The maximum absolute atomic E-state index is 13.4. The molecular weight excluding hydrogens is 610 g/mol. The first kappa shape index (κ1) is 32.8. The maximum Gasteiger partial charge on any atom is 0.435 e. The number of alkyl carbamates (subject to hydrolysis) is 1. The van der Waals surface area contributed by atoms with Gasteiger partial charge in [0.25, 0.3) is 11.4 Å². The first-order valence-electron chi connectivity index (χ1n) is 13.9. The Hall–Kier alpha value is -5.06. The van der Waals surface area contributed by atoms with Crippen LogP contribution < -0.4 is 5.32 Å². The standard InChI is InChI=1S/C28H31N7O9S/c1-18(31-28(38)44-16-20-4-8-23(9-5-20)35(41)42)30-21-10-11-32(13-21)26(36)25-12-24(45)14-33(25)17-29-27(37)43-15-19-2-6-22(7-3-19)34(39)40/h2-9,17,21,24-25,45H,10-16H2,1H3,(H,30,31,38)/t21-,24-,25-/m0/s1. The van der Waals surface area contributed by atoms with Crippen LogP contribution in [0.1, 0.15) is 30.9 Å². The first-order valence-corrected chi connectivity index (χ1v) is 14.4. The molecule has 0 unspecified atom stereocenters. The van der Waals surface area contributed by atoms with Gasteiger partial charge in [0.15, 0.2) is 0 Å². The van der Waals surface area contributed by atoms with Crippen LogP contribution in [0.3, 0.4) is 0 Å². The van der Waals surface area contributed by atoms with Crippen LogP contribution in [0.2, 0.25) is 0 Å². The number of rotatable bonds is 9. The molecule has 2 aliphatic heterocycles. The third-order valence-electron chi connectivity index (χ3n) is 7.07. The van der Waals surface area contributed by atoms with Gasteiger partial charge in [-0.2, -0.15) is 17.6 Å². The number of ether oxygens (including phenoxy) is 2. The number of benzene rings is 2. The summed E-state index contributed by atoms with van der Waals surface area (Å²) in [5, 5.41) is 24.0. The third-order valence-corrected chi connectivity index (χ3v) is 7.45. The molecule has 17 heteroatoms. The Morgan fingerprint density at radius 3 is 2.13 bits per heavy atom. The monoisotopic (exact) mass is 641 g/mol. The average molecular weight is 642 g/mol. The number of non-ortho nitro benzene ring substituents is 2. The lowest BCUT2D eigenvalue weighted by Crippen LogP contribution is -2.44. The van der Waals surface area contributed by atoms with E-state index in [1.54, 1.807) is 16.7 Å². The predicted molar refractivity (Wildman–Crippen MR) is 164 cm³/mol. The number of hydrogen-bond donors (Lipinski definition) is 2. The van der Waals surface area contributed by atoms with Crippen molar-refractivity contribution in [1.29, 1.82) is 0 Å². The van der Waals surface area contributed by atoms with Crippen LogP contribution in [0.4, 0.5) is 21.0 Å². The lowest BCUT2D eigenvalue weighted by molar-refractivity contribution is -0.385. The second-order valence-electron chi connectivity index (χ2n) is 10.4. The van der Waals surface area contributed by atoms with E-state index in [9.17, 15) is 34.6 Å². The molecule has 2 heterocycles. The van der Waals surface area contributed by atoms with Gasteiger partial charge in [-0.05, 0) is 55.2 Å². The smallest absolute Gasteiger partial charge is 0.435 e. The number of amides is 3. The molecule has 238 valence electrons. The molecule has 2 aromatic rings. The van der Waals surface area contributed by atoms with Gasteiger partial charge in [0, 0.05) is 49.1 Å². The van der Waals surface area contributed by atoms with Crippen molar-refractivity contribution in [2.75, 3.05) is 19.6 Å². The van der Waals surface area contributed by atoms with Gasteiger partial charge in [-0.15, -0.1) is 0 Å². The van der Waals surface area contributed by atoms with Gasteiger partial charge in [-0.1, -0.05) is 0 Å². The van der Waals surface area contributed by atoms with E-state index in [1.807, 2.05) is 0 Å². The number of aliphatic imine (C=N–C) groups is 2. The molecule has 0 aromatic heterocycles. The van der Waals surface area contributed by atoms with Crippen molar-refractivity contribution < 1.29 is 33.7 Å². The van der Waals surface area contributed by atoms with Gasteiger partial charge in [0.1, 0.15) is 25.1 Å². The molecule has 0 radical (unpaired) electrons. The number of amidine groups is 1. The zero-order valence-electron chi connectivity index (χ0n) is 24.2. The molecule has 2 fully saturated rings. The number of likely N-dealkylation sites (tertiary alicyclic amines) is 2. The Morgan fingerprint density at radius 1 is 0.978 bits per heavy atom. The van der Waals surface area contributed by atoms with Crippen molar-refractivity contribution in [2.24, 2.45) is 9.98 Å². The number of nitro benzene ring substituents is 2. The molecule has 4 rings (SSSR count). The van der Waals surface area contributed by atoms with Crippen molar-refractivity contribution in [1.82, 2.24) is 15.1 Å². The summed E-state index contributed by atoms with van der Waals surface area (Å²) in [5.74, 6) is 0.170. The fourth-order valence-electron chi connectivity index (χ4n) is 4.84. The van der Waals surface area contributed by atoms with E-state index in [4.69, 9.17) is 9.47 Å². The number of thiol groups is 1. The average Bonchev–Trinajstić information content (AvgIpc) is 3.63. The molecule has 0 bridgehead atoms. The molecule has 45 heavy (non-hydrogen) atoms. The lowest BCUT2D eigenvalue weighted by Gasteiger charge is -2.25. The minimum Gasteiger partial charge on any atom is -0.444 e. The summed E-state index contributed by atoms with van der Waals surface area (Å²) < 4.78 is 10.3. The molecule has 2 saturated heterocycles. The van der Waals surface area contributed by atoms with Crippen LogP contribution in [0, 0.1) is 20.2 Å². The molecule has 3 atom stereocenters. The van der Waals surface area contributed by atoms with Crippen LogP contribution in [-0.4, -0.2) is 86.9 Å². The summed E-state index contributed by atoms with van der Waals surface area (Å²) in [7, 11) is 0. The fraction of sp³-hybridized carbons (Fsp3) is 0.393. The molecule has 0 aliphatic carbocycles. The molecule has 3 amide bonds. The molecule has 1 N–H and O–H groups in total. The van der Waals surface area contributed by atoms with Gasteiger partial charge in [-0.3, -0.25) is 35.3 Å². The number of carbonyl (C=O) groups is 3. The second-order valence-corrected chi connectivity index (χ2v) is 11.1. The highest BCUT2D eigenvalue weighted by Gasteiger charge is 2.38. The van der Waals surface area contributed by atoms with Gasteiger partial charge >= 0.3 is 12.2 Å². The normalized spacial score (nSPS) is 19.9. The van der Waals surface area contributed by atoms with E-state index in [1.165, 1.54) is 54.9 Å². The highest BCUT2D eigenvalue weighted by atomic mass is 32.1. The van der Waals surface area contributed by atoms with E-state index < -0.39 is 28.1 Å². The summed E-state index contributed by atoms with van der Waals surface area (Å²) in [6, 6.07) is 10.4. The SMILES string of the molecule is CC(=N[C@H]1CCN(C(=O)[C@@H]2C[C@H](S)CN2C=NC(=O)OCc2ccc([N+](=O)[O-])cc2)C1)NC(=O)OCc1ccc([N+](=O)[O-])cc1. The van der Waals surface area contributed by atoms with Crippen LogP contribution in [-0.2, 0) is 27.5 Å². The van der Waals surface area contributed by atoms with E-state index in [2.05, 4.69) is 27.9 Å². The van der Waals surface area contributed by atoms with Gasteiger partial charge in [0.05, 0.1) is 22.2 Å². The zero-order valence-corrected chi connectivity index (χ0v) is 25.1. The quantitative estimate of drug-likeness (QED) is 0.134. The van der Waals surface area contributed by atoms with Crippen molar-refractivity contribution in [3.63, 3.8) is 0 Å². The molecule has 0 saturated carbocycles. The van der Waals surface area contributed by atoms with E-state index in [-0.39, 0.29) is 41.8 Å². The Bertz CT molecular complexity index is 1480. The van der Waals surface area contributed by atoms with Gasteiger partial charge in [-0.25, -0.2) is 9.59 Å². The summed E-state index contributed by atoms with van der Waals surface area (Å²) >= 11 is 4.51. The van der Waals surface area contributed by atoms with Crippen LogP contribution in [0.5, 0.6) is 0 Å². The Morgan fingerprint density at radius 2 is 1.56 bits per heavy atom. The number of hydrogen-bond acceptors (Lipinski definition) is 11. The van der Waals surface area contributed by atoms with Crippen LogP contribution in [0.25, 0.3) is 0 Å². The summed E-state index contributed by atoms with van der Waals surface area (Å²) in [5.41, 5.74) is 1.01. The summed E-state index contributed by atoms with van der Waals surface area (Å²) in [6.07, 6.45) is 0.721. The number of carbonyl (C=O) groups excluding carboxylic acids is 3. The van der Waals surface area contributed by atoms with Crippen molar-refractivity contribution in [3.05, 3.63) is 79.9 Å². The molecule has 2 aliphatic rings. The van der Waals surface area contributed by atoms with Gasteiger partial charge in [0.2, 0.25) is 5.91 Å². The minimum atomic E-state index is -0.869. The predicted octanol–water partition coefficient (Wildman–Crippen LogP) is 3.49. The number of nitro groups is 2. The maximum atomic E-state index is 13.4. The molecule has 0 spiro atoms. The minimum absolute atomic E-state index is 0.0621. The second kappa shape index (κ2) is 15.1. The van der Waals surface area contributed by atoms with Gasteiger partial charge < -0.3 is 19.3 Å². The zero-order chi connectivity index (χ0) is 32.5. The summed E-state index contributed by atoms with van der Waals surface area (Å²) in [4.78, 5) is 69.9. The Labute approximate surface area is 262 Å². The highest BCUT2D eigenvalue weighted by Crippen LogP contribution is 2.25. The molecule has 2 aromatic carbocycles. The first-order chi connectivity index (χ1) is 21.5. The van der Waals surface area contributed by atoms with E-state index in [0.717, 1.165) is 0 Å². The largest absolute Gasteiger partial charge is 0.444 e. The van der Waals surface area contributed by atoms with E-state index in [0.29, 0.717) is 49.4 Å². The molecular formula is C28H31N7O9S. The highest BCUT2D eigenvalue weighted by molar-refractivity contribution is 7.81. The van der Waals surface area contributed by atoms with Crippen molar-refractivity contribution >= 4 is 54.3 Å². The Kier molecular flexibility index (Phi) is 11.0. The topological polar surface area (TPSA) is 199 Å². The van der Waals surface area contributed by atoms with Crippen molar-refractivity contribution in [2.45, 2.75) is 50.3 Å². The van der Waals surface area contributed by atoms with Crippen LogP contribution in [0.15, 0.2) is 58.5 Å². The lowest BCUT2D eigenvalue weighted by atomic mass is 10.2. The Balaban J connectivity index is 1.23.